The van der Waals surface area contributed by atoms with Gasteiger partial charge in [-0.25, -0.2) is 0 Å². The molecule has 0 saturated heterocycles. The number of rotatable bonds is 11. The van der Waals surface area contributed by atoms with Crippen LogP contribution in [0.15, 0.2) is 139 Å². The smallest absolute Gasteiger partial charge is 0.340 e. The fraction of sp³-hybridized carbons (Fsp3) is 0.338. The third-order valence-corrected chi connectivity index (χ3v) is 16.2. The summed E-state index contributed by atoms with van der Waals surface area (Å²) in [6, 6.07) is 51.1. The van der Waals surface area contributed by atoms with Gasteiger partial charge in [-0.3, -0.25) is 15.0 Å². The molecule has 0 spiro atoms. The van der Waals surface area contributed by atoms with Crippen molar-refractivity contribution in [3.63, 3.8) is 0 Å². The van der Waals surface area contributed by atoms with E-state index in [0.717, 1.165) is 114 Å². The first-order valence-electron chi connectivity index (χ1n) is 28.3. The van der Waals surface area contributed by atoms with Crippen molar-refractivity contribution in [3.8, 4) is 0 Å². The summed E-state index contributed by atoms with van der Waals surface area (Å²) >= 11 is 0. The Hall–Kier alpha value is -6.66. The van der Waals surface area contributed by atoms with Gasteiger partial charge < -0.3 is 13.2 Å². The van der Waals surface area contributed by atoms with E-state index in [-0.39, 0.29) is 36.4 Å². The molecule has 0 radical (unpaired) electrons. The largest absolute Gasteiger partial charge is 3.00 e. The molecule has 7 heteroatoms. The van der Waals surface area contributed by atoms with E-state index in [9.17, 15) is 0 Å². The Balaban J connectivity index is 0.00000609. The van der Waals surface area contributed by atoms with Crippen LogP contribution in [0.1, 0.15) is 122 Å². The van der Waals surface area contributed by atoms with E-state index in [4.69, 9.17) is 15.0 Å². The number of imidazole rings is 3. The molecule has 13 rings (SSSR count). The van der Waals surface area contributed by atoms with Crippen molar-refractivity contribution in [1.82, 2.24) is 28.2 Å². The van der Waals surface area contributed by atoms with E-state index in [0.29, 0.717) is 11.8 Å². The molecule has 0 saturated carbocycles. The first-order chi connectivity index (χ1) is 36.9. The monoisotopic (exact) mass is 1200 g/mol. The Labute approximate surface area is 473 Å². The topological polar surface area (TPSA) is 51.9 Å². The first kappa shape index (κ1) is 52.1. The Morgan fingerprint density at radius 1 is 0.474 bits per heavy atom. The molecule has 1 aliphatic carbocycles. The Morgan fingerprint density at radius 2 is 0.872 bits per heavy atom. The molecule has 0 N–H and O–H groups in total. The quantitative estimate of drug-likeness (QED) is 0.0737. The second kappa shape index (κ2) is 19.9. The molecular weight excluding hydrogens is 1130 g/mol. The van der Waals surface area contributed by atoms with E-state index >= 15 is 0 Å². The number of fused-ring (bicyclic) bond motifs is 18. The van der Waals surface area contributed by atoms with E-state index in [1.807, 2.05) is 18.2 Å². The molecule has 0 aliphatic heterocycles. The minimum atomic E-state index is 0. The number of aromatic nitrogens is 6. The number of hydrogen-bond donors (Lipinski definition) is 0. The van der Waals surface area contributed by atoms with Gasteiger partial charge in [-0.2, -0.15) is 0 Å². The molecule has 6 nitrogen and oxygen atoms in total. The molecule has 78 heavy (non-hydrogen) atoms. The Kier molecular flexibility index (Phi) is 13.3. The van der Waals surface area contributed by atoms with Gasteiger partial charge in [0.15, 0.2) is 0 Å². The SMILES string of the molecule is CC(C)(C)Cc1ccc2c(c1)c1ccc[c-]c1c1nc(CCC3=C[C@@H](Cc4cn5c6ccc(CC(C)(C)C)cc6c6ccc[c-]c6c5n4)CC(CCc4cn5c6ccc(CC(C)(C)C)cc6c6ccc[c-]c6c5n4)C3)cn21.[Ir+3]. The maximum Gasteiger partial charge on any atom is 3.00 e. The van der Waals surface area contributed by atoms with Crippen LogP contribution in [0.5, 0.6) is 0 Å². The molecular formula is C71H71IrN6. The summed E-state index contributed by atoms with van der Waals surface area (Å²) in [5.41, 5.74) is 16.2. The fourth-order valence-corrected chi connectivity index (χ4v) is 13.2. The summed E-state index contributed by atoms with van der Waals surface area (Å²) in [6.45, 7) is 20.9. The standard InChI is InChI=1S/C71H71N6.Ir/c1-69(2,3)39-47-24-29-63-60(36-47)54-16-10-13-19-57(54)66-72-51(42-75(63)66)27-22-45-32-46(23-28-52-43-76-64-30-25-48(40-70(4,5)6)37-61(64)55-17-11-14-20-58(55)67(76)73-52)34-50(33-45)35-53-44-77-65-31-26-49(41-71(7,8)9)38-62(65)56-18-12-15-21-59(56)68(77)74-53;/h10-18,24-26,29-31,33,36-38,42-44,46,50H,22-23,27-28,32,34-35,39-41H2,1-9H3;/q-3;+3/t46?,50-;/m1./s1. The van der Waals surface area contributed by atoms with E-state index < -0.39 is 0 Å². The molecule has 12 aromatic rings. The molecule has 2 atom stereocenters. The minimum Gasteiger partial charge on any atom is -0.340 e. The normalized spacial score (nSPS) is 15.8. The van der Waals surface area contributed by atoms with Gasteiger partial charge in [-0.15, -0.1) is 89.0 Å². The zero-order valence-electron chi connectivity index (χ0n) is 46.9. The maximum atomic E-state index is 5.47. The van der Waals surface area contributed by atoms with Crippen LogP contribution in [-0.2, 0) is 58.6 Å². The molecule has 0 fully saturated rings. The van der Waals surface area contributed by atoms with Crippen molar-refractivity contribution in [2.75, 3.05) is 0 Å². The number of nitrogens with zero attached hydrogens (tertiary/aromatic N) is 6. The van der Waals surface area contributed by atoms with Crippen molar-refractivity contribution in [2.24, 2.45) is 28.1 Å². The number of hydrogen-bond acceptors (Lipinski definition) is 3. The predicted molar refractivity (Wildman–Crippen MR) is 321 cm³/mol. The molecule has 1 aliphatic rings. The number of allylic oxidation sites excluding steroid dienone is 2. The van der Waals surface area contributed by atoms with Crippen molar-refractivity contribution in [3.05, 3.63) is 191 Å². The Morgan fingerprint density at radius 3 is 1.29 bits per heavy atom. The van der Waals surface area contributed by atoms with E-state index in [2.05, 4.69) is 209 Å². The van der Waals surface area contributed by atoms with Crippen LogP contribution in [0.4, 0.5) is 0 Å². The zero-order chi connectivity index (χ0) is 53.0. The summed E-state index contributed by atoms with van der Waals surface area (Å²) in [5, 5.41) is 10.7. The average molecular weight is 1200 g/mol. The van der Waals surface area contributed by atoms with E-state index in [1.54, 1.807) is 0 Å². The van der Waals surface area contributed by atoms with Crippen molar-refractivity contribution < 1.29 is 20.1 Å². The van der Waals surface area contributed by atoms with Crippen LogP contribution in [0.2, 0.25) is 0 Å². The van der Waals surface area contributed by atoms with Crippen molar-refractivity contribution >= 4 is 82.0 Å². The van der Waals surface area contributed by atoms with Gasteiger partial charge in [0.2, 0.25) is 0 Å². The van der Waals surface area contributed by atoms with Gasteiger partial charge in [-0.1, -0.05) is 127 Å². The van der Waals surface area contributed by atoms with Crippen LogP contribution in [0.25, 0.3) is 82.0 Å². The van der Waals surface area contributed by atoms with Crippen molar-refractivity contribution in [1.29, 1.82) is 0 Å². The Bertz CT molecular complexity index is 4310. The summed E-state index contributed by atoms with van der Waals surface area (Å²) in [4.78, 5) is 16.3. The molecule has 394 valence electrons. The maximum absolute atomic E-state index is 5.47. The molecule has 0 bridgehead atoms. The van der Waals surface area contributed by atoms with Crippen LogP contribution < -0.4 is 0 Å². The molecule has 6 aromatic heterocycles. The van der Waals surface area contributed by atoms with Crippen LogP contribution in [0.3, 0.4) is 0 Å². The molecule has 0 amide bonds. The van der Waals surface area contributed by atoms with Gasteiger partial charge in [-0.05, 0) is 143 Å². The summed E-state index contributed by atoms with van der Waals surface area (Å²) < 4.78 is 7.01. The van der Waals surface area contributed by atoms with Crippen molar-refractivity contribution in [2.45, 2.75) is 127 Å². The second-order valence-electron chi connectivity index (χ2n) is 26.6. The fourth-order valence-electron chi connectivity index (χ4n) is 13.2. The van der Waals surface area contributed by atoms with Gasteiger partial charge in [0.05, 0.1) is 16.9 Å². The van der Waals surface area contributed by atoms with Crippen LogP contribution in [-0.4, -0.2) is 28.2 Å². The molecule has 6 heterocycles. The molecule has 6 aromatic carbocycles. The van der Waals surface area contributed by atoms with E-state index in [1.165, 1.54) is 71.1 Å². The summed E-state index contributed by atoms with van der Waals surface area (Å²) in [7, 11) is 0. The first-order valence-corrected chi connectivity index (χ1v) is 28.3. The van der Waals surface area contributed by atoms with Gasteiger partial charge in [0.25, 0.3) is 0 Å². The number of benzene rings is 6. The number of pyridine rings is 3. The van der Waals surface area contributed by atoms with Crippen LogP contribution in [0, 0.1) is 46.3 Å². The van der Waals surface area contributed by atoms with Gasteiger partial charge in [0.1, 0.15) is 0 Å². The number of aryl methyl sites for hydroxylation is 2. The third-order valence-electron chi connectivity index (χ3n) is 16.2. The molecule has 1 unspecified atom stereocenters. The average Bonchev–Trinajstić information content (AvgIpc) is 4.34. The summed E-state index contributed by atoms with van der Waals surface area (Å²) in [6.07, 6.45) is 19.6. The third kappa shape index (κ3) is 10.2. The second-order valence-corrected chi connectivity index (χ2v) is 26.6. The van der Waals surface area contributed by atoms with Gasteiger partial charge in [0, 0.05) is 52.2 Å². The van der Waals surface area contributed by atoms with Gasteiger partial charge >= 0.3 is 20.1 Å². The minimum absolute atomic E-state index is 0. The summed E-state index contributed by atoms with van der Waals surface area (Å²) in [5.74, 6) is 0.856. The van der Waals surface area contributed by atoms with Crippen LogP contribution >= 0.6 is 0 Å². The predicted octanol–water partition coefficient (Wildman–Crippen LogP) is 17.5. The zero-order valence-corrected chi connectivity index (χ0v) is 49.3.